The molecule has 1 fully saturated rings. The fourth-order valence-electron chi connectivity index (χ4n) is 9.09. The van der Waals surface area contributed by atoms with Crippen LogP contribution in [0, 0.1) is 29.6 Å². The summed E-state index contributed by atoms with van der Waals surface area (Å²) in [7, 11) is 0. The number of carbonyl (C=O) groups is 2. The predicted molar refractivity (Wildman–Crippen MR) is 244 cm³/mol. The van der Waals surface area contributed by atoms with E-state index in [9.17, 15) is 44.7 Å². The zero-order chi connectivity index (χ0) is 47.2. The Morgan fingerprint density at radius 2 is 1.62 bits per heavy atom. The number of anilines is 2. The Labute approximate surface area is 374 Å². The Morgan fingerprint density at radius 1 is 0.908 bits per heavy atom. The first-order chi connectivity index (χ1) is 30.8. The number of phenolic OH excluding ortho intramolecular Hbond substituents is 1. The van der Waals surface area contributed by atoms with Gasteiger partial charge in [0.2, 0.25) is 5.43 Å². The Hall–Kier alpha value is -6.01. The minimum atomic E-state index is -1.94. The number of fused-ring (bicyclic) bond motifs is 14. The first-order valence-corrected chi connectivity index (χ1v) is 22.0. The van der Waals surface area contributed by atoms with Crippen LogP contribution in [0.25, 0.3) is 38.7 Å². The second-order valence-corrected chi connectivity index (χ2v) is 17.8. The summed E-state index contributed by atoms with van der Waals surface area (Å²) in [5.41, 5.74) is -1.34. The number of β-amino-alcohol motifs (C(OH)–C–C–N with tert-alkyl or cyclic N) is 1. The lowest BCUT2D eigenvalue weighted by Crippen LogP contribution is -2.47. The number of nitrogens with zero attached hydrogens (tertiary/aromatic N) is 3. The number of aromatic nitrogens is 1. The number of piperazine rings is 1. The maximum absolute atomic E-state index is 14.1. The molecule has 0 saturated carbocycles. The van der Waals surface area contributed by atoms with Gasteiger partial charge in [-0.1, -0.05) is 52.8 Å². The van der Waals surface area contributed by atoms with Crippen LogP contribution >= 0.6 is 0 Å². The number of hydrogen-bond acceptors (Lipinski definition) is 16. The van der Waals surface area contributed by atoms with Crippen LogP contribution in [0.4, 0.5) is 11.4 Å². The number of aliphatic hydroxyl groups is 4. The smallest absolute Gasteiger partial charge is 0.307 e. The maximum Gasteiger partial charge on any atom is 0.307 e. The van der Waals surface area contributed by atoms with Crippen molar-refractivity contribution in [1.82, 2.24) is 9.88 Å². The molecule has 348 valence electrons. The lowest BCUT2D eigenvalue weighted by molar-refractivity contribution is -0.158. The summed E-state index contributed by atoms with van der Waals surface area (Å²) in [5, 5.41) is 58.6. The monoisotopic (exact) mass is 898 g/mol. The number of nitrogens with one attached hydrogen (secondary N) is 1. The Bertz CT molecular complexity index is 2800. The third kappa shape index (κ3) is 8.89. The van der Waals surface area contributed by atoms with Gasteiger partial charge < -0.3 is 54.4 Å². The van der Waals surface area contributed by atoms with E-state index in [2.05, 4.69) is 10.2 Å². The molecule has 0 spiro atoms. The highest BCUT2D eigenvalue weighted by Gasteiger charge is 2.43. The van der Waals surface area contributed by atoms with Crippen LogP contribution in [0.2, 0.25) is 0 Å². The van der Waals surface area contributed by atoms with Crippen LogP contribution in [0.1, 0.15) is 55.4 Å². The van der Waals surface area contributed by atoms with Crippen LogP contribution < -0.4 is 31.0 Å². The fraction of sp³-hybridized carbons (Fsp3) is 0.479. The molecule has 9 atom stereocenters. The summed E-state index contributed by atoms with van der Waals surface area (Å²) in [6, 6.07) is 4.14. The molecule has 5 heterocycles. The Balaban J connectivity index is 1.43. The molecule has 5 bridgehead atoms. The number of carbonyl (C=O) groups excluding carboxylic acids is 2. The van der Waals surface area contributed by atoms with Gasteiger partial charge in [-0.3, -0.25) is 24.1 Å². The average Bonchev–Trinajstić information content (AvgIpc) is 3.52. The van der Waals surface area contributed by atoms with Crippen molar-refractivity contribution in [3.63, 3.8) is 0 Å². The molecular weight excluding hydrogens is 841 g/mol. The number of hydrogen-bond donors (Lipinski definition) is 6. The molecule has 1 saturated heterocycles. The van der Waals surface area contributed by atoms with E-state index in [1.54, 1.807) is 45.1 Å². The second-order valence-electron chi connectivity index (χ2n) is 17.8. The van der Waals surface area contributed by atoms with Gasteiger partial charge in [0.05, 0.1) is 35.7 Å². The topological polar surface area (TPSA) is 242 Å². The number of aliphatic hydroxyl groups excluding tert-OH is 4. The first-order valence-electron chi connectivity index (χ1n) is 22.0. The van der Waals surface area contributed by atoms with Crippen molar-refractivity contribution in [2.24, 2.45) is 29.6 Å². The molecule has 3 aromatic carbocycles. The van der Waals surface area contributed by atoms with Gasteiger partial charge in [-0.25, -0.2) is 4.98 Å². The molecule has 8 rings (SSSR count). The third-order valence-corrected chi connectivity index (χ3v) is 13.3. The molecular formula is C48H58N4O13. The van der Waals surface area contributed by atoms with Crippen molar-refractivity contribution < 1.29 is 53.7 Å². The molecule has 0 radical (unpaired) electrons. The molecule has 17 heteroatoms. The summed E-state index contributed by atoms with van der Waals surface area (Å²) < 4.78 is 24.4. The van der Waals surface area contributed by atoms with Crippen molar-refractivity contribution in [2.75, 3.05) is 49.5 Å². The highest BCUT2D eigenvalue weighted by Crippen LogP contribution is 2.42. The highest BCUT2D eigenvalue weighted by molar-refractivity contribution is 6.18. The quantitative estimate of drug-likeness (QED) is 0.0735. The molecule has 1 aromatic heterocycles. The molecule has 17 nitrogen and oxygen atoms in total. The van der Waals surface area contributed by atoms with Crippen LogP contribution in [0.3, 0.4) is 0 Å². The summed E-state index contributed by atoms with van der Waals surface area (Å²) in [6.45, 7) is 16.1. The zero-order valence-electron chi connectivity index (χ0n) is 37.8. The predicted octanol–water partition coefficient (Wildman–Crippen LogP) is 3.99. The van der Waals surface area contributed by atoms with Crippen LogP contribution in [0.15, 0.2) is 68.3 Å². The first kappa shape index (κ1) is 47.0. The van der Waals surface area contributed by atoms with E-state index in [0.717, 1.165) is 6.07 Å². The van der Waals surface area contributed by atoms with Gasteiger partial charge in [-0.05, 0) is 24.8 Å². The standard InChI is InChI=1S/C48H58N4O13/c1-23-12-19-62-48(8)46(60)36-33(65-48)22-31(55)35-37(36)39-45(64-34-21-30(20-32(56)38(34)49-39)52-15-13-51(14-16-52)17-18-53)40(43(35)59)50-47(61)25(3)11-9-10-24(2)41(57)27(5)42(58)28(6)44(26(23)4)63-29(7)54/h9-12,19-24,26-28,41-42,44,53,57-60H,13-18H2,1-8H3,(H,50,61)/b10-9+,19-12+,25-11-/t23-,24-,26+,27+,28+,41-,42+,44+,48-/m0/s1. The number of esters is 1. The van der Waals surface area contributed by atoms with Crippen LogP contribution in [-0.2, 0) is 19.1 Å². The van der Waals surface area contributed by atoms with Crippen molar-refractivity contribution in [2.45, 2.75) is 79.5 Å². The van der Waals surface area contributed by atoms with Gasteiger partial charge >= 0.3 is 11.8 Å². The molecule has 4 aromatic rings. The number of ether oxygens (including phenoxy) is 3. The van der Waals surface area contributed by atoms with Gasteiger partial charge in [0.1, 0.15) is 23.1 Å². The summed E-state index contributed by atoms with van der Waals surface area (Å²) >= 11 is 0. The fourth-order valence-corrected chi connectivity index (χ4v) is 9.09. The molecule has 0 unspecified atom stereocenters. The number of phenols is 1. The van der Waals surface area contributed by atoms with Gasteiger partial charge in [0.25, 0.3) is 5.91 Å². The van der Waals surface area contributed by atoms with E-state index in [-0.39, 0.29) is 67.7 Å². The SMILES string of the molecule is CC(=O)O[C@H]1[C@H](C)[C@H](O)[C@H](C)[C@@H](O)[C@@H](C)/C=C/C=C(/C)C(=O)Nc2c(O)c3c(=O)cc4c(c3c3nc5c(=O)cc(N6CCN(CCO)CC6)cc5oc23)=C(O)[C@@](C)(O/C=C/[C@H](C)[C@H]1C)O4. The molecule has 6 N–H and O–H groups in total. The molecule has 1 amide bonds. The van der Waals surface area contributed by atoms with Gasteiger partial charge in [-0.2, -0.15) is 0 Å². The number of aromatic hydroxyl groups is 1. The van der Waals surface area contributed by atoms with Crippen LogP contribution in [0.5, 0.6) is 11.5 Å². The minimum absolute atomic E-state index is 0.0219. The normalized spacial score (nSPS) is 30.2. The zero-order valence-corrected chi connectivity index (χ0v) is 37.8. The third-order valence-electron chi connectivity index (χ3n) is 13.3. The van der Waals surface area contributed by atoms with E-state index in [1.165, 1.54) is 39.2 Å². The average molecular weight is 899 g/mol. The molecule has 0 aliphatic carbocycles. The number of rotatable bonds is 4. The summed E-state index contributed by atoms with van der Waals surface area (Å²) in [6.07, 6.45) is 4.78. The van der Waals surface area contributed by atoms with E-state index in [1.807, 2.05) is 18.7 Å². The van der Waals surface area contributed by atoms with E-state index in [4.69, 9.17) is 23.6 Å². The largest absolute Gasteiger partial charge is 0.505 e. The molecule has 4 aliphatic rings. The van der Waals surface area contributed by atoms with Gasteiger partial charge in [0.15, 0.2) is 33.6 Å². The van der Waals surface area contributed by atoms with Gasteiger partial charge in [-0.15, -0.1) is 0 Å². The number of amides is 1. The Kier molecular flexibility index (Phi) is 13.3. The van der Waals surface area contributed by atoms with E-state index in [0.29, 0.717) is 38.4 Å². The van der Waals surface area contributed by atoms with E-state index < -0.39 is 82.0 Å². The van der Waals surface area contributed by atoms with Crippen molar-refractivity contribution in [3.8, 4) is 11.5 Å². The molecule has 4 aliphatic heterocycles. The lowest BCUT2D eigenvalue weighted by Gasteiger charge is -2.37. The van der Waals surface area contributed by atoms with Crippen molar-refractivity contribution in [3.05, 3.63) is 80.0 Å². The summed E-state index contributed by atoms with van der Waals surface area (Å²) in [5.74, 6) is -7.06. The number of allylic oxidation sites excluding steroid dienone is 3. The van der Waals surface area contributed by atoms with Crippen molar-refractivity contribution >= 4 is 62.0 Å². The highest BCUT2D eigenvalue weighted by atomic mass is 16.7. The maximum atomic E-state index is 14.1. The van der Waals surface area contributed by atoms with Gasteiger partial charge in [0, 0.05) is 99.2 Å². The Morgan fingerprint density at radius 3 is 2.29 bits per heavy atom. The van der Waals surface area contributed by atoms with E-state index >= 15 is 0 Å². The minimum Gasteiger partial charge on any atom is -0.505 e. The molecule has 65 heavy (non-hydrogen) atoms. The van der Waals surface area contributed by atoms with Crippen molar-refractivity contribution in [1.29, 1.82) is 0 Å². The second kappa shape index (κ2) is 18.5. The summed E-state index contributed by atoms with van der Waals surface area (Å²) in [4.78, 5) is 63.1. The number of benzene rings is 3. The van der Waals surface area contributed by atoms with Crippen LogP contribution in [-0.4, -0.2) is 111 Å². The lowest BCUT2D eigenvalue weighted by atomic mass is 9.77.